The van der Waals surface area contributed by atoms with Crippen molar-refractivity contribution in [1.82, 2.24) is 19.9 Å². The molecule has 7 heteroatoms. The number of carbonyl (C=O) groups is 1. The molecule has 3 rings (SSSR count). The Morgan fingerprint density at radius 3 is 2.91 bits per heavy atom. The topological polar surface area (TPSA) is 68.2 Å². The first-order valence-corrected chi connectivity index (χ1v) is 7.54. The Balaban J connectivity index is 1.66. The van der Waals surface area contributed by atoms with Crippen LogP contribution >= 0.6 is 0 Å². The lowest BCUT2D eigenvalue weighted by molar-refractivity contribution is 0.0770. The summed E-state index contributed by atoms with van der Waals surface area (Å²) in [5.41, 5.74) is 0.917. The smallest absolute Gasteiger partial charge is 0.254 e. The van der Waals surface area contributed by atoms with Gasteiger partial charge in [0.25, 0.3) is 11.8 Å². The molecule has 1 aliphatic rings. The Kier molecular flexibility index (Phi) is 4.45. The van der Waals surface area contributed by atoms with Gasteiger partial charge in [-0.2, -0.15) is 9.37 Å². The van der Waals surface area contributed by atoms with E-state index in [1.807, 2.05) is 6.92 Å². The molecule has 2 aromatic heterocycles. The number of aromatic nitrogens is 3. The molecule has 0 spiro atoms. The maximum absolute atomic E-state index is 14.1. The van der Waals surface area contributed by atoms with Crippen LogP contribution in [0.3, 0.4) is 0 Å². The summed E-state index contributed by atoms with van der Waals surface area (Å²) < 4.78 is 19.7. The van der Waals surface area contributed by atoms with Gasteiger partial charge in [-0.05, 0) is 18.6 Å². The fraction of sp³-hybridized carbons (Fsp3) is 0.375. The summed E-state index contributed by atoms with van der Waals surface area (Å²) in [6.45, 7) is 2.80. The molecular weight excluding hydrogens is 299 g/mol. The molecule has 0 aliphatic carbocycles. The quantitative estimate of drug-likeness (QED) is 0.861. The molecular formula is C16H17FN4O2. The largest absolute Gasteiger partial charge is 0.470 e. The summed E-state index contributed by atoms with van der Waals surface area (Å²) in [4.78, 5) is 25.7. The molecule has 1 aliphatic heterocycles. The highest BCUT2D eigenvalue weighted by atomic mass is 19.1. The fourth-order valence-corrected chi connectivity index (χ4v) is 2.56. The van der Waals surface area contributed by atoms with Crippen LogP contribution in [0, 0.1) is 5.82 Å². The molecule has 0 radical (unpaired) electrons. The van der Waals surface area contributed by atoms with Crippen molar-refractivity contribution >= 4 is 5.91 Å². The van der Waals surface area contributed by atoms with Crippen LogP contribution in [0.5, 0.6) is 5.88 Å². The van der Waals surface area contributed by atoms with Crippen molar-refractivity contribution in [3.05, 3.63) is 47.9 Å². The van der Waals surface area contributed by atoms with Gasteiger partial charge in [0.15, 0.2) is 0 Å². The van der Waals surface area contributed by atoms with Gasteiger partial charge in [-0.15, -0.1) is 0 Å². The van der Waals surface area contributed by atoms with E-state index in [4.69, 9.17) is 4.74 Å². The minimum absolute atomic E-state index is 0.0416. The van der Waals surface area contributed by atoms with Gasteiger partial charge in [-0.1, -0.05) is 6.92 Å². The van der Waals surface area contributed by atoms with Crippen molar-refractivity contribution in [2.75, 3.05) is 13.1 Å². The van der Waals surface area contributed by atoms with E-state index in [0.717, 1.165) is 0 Å². The summed E-state index contributed by atoms with van der Waals surface area (Å²) in [6, 6.07) is 3.35. The SMILES string of the molecule is CCc1ncnc(O[C@@H]2CCN(C(=O)c3ccncc3)C2)c1F. The number of pyridine rings is 1. The van der Waals surface area contributed by atoms with Crippen molar-refractivity contribution in [1.29, 1.82) is 0 Å². The molecule has 0 bridgehead atoms. The highest BCUT2D eigenvalue weighted by molar-refractivity contribution is 5.94. The Morgan fingerprint density at radius 1 is 1.39 bits per heavy atom. The second-order valence-electron chi connectivity index (χ2n) is 5.31. The van der Waals surface area contributed by atoms with Gasteiger partial charge in [-0.3, -0.25) is 9.78 Å². The molecule has 0 saturated carbocycles. The normalized spacial score (nSPS) is 17.3. The predicted octanol–water partition coefficient (Wildman–Crippen LogP) is 1.87. The highest BCUT2D eigenvalue weighted by Gasteiger charge is 2.29. The molecule has 23 heavy (non-hydrogen) atoms. The molecule has 120 valence electrons. The van der Waals surface area contributed by atoms with E-state index >= 15 is 0 Å². The van der Waals surface area contributed by atoms with E-state index in [2.05, 4.69) is 15.0 Å². The number of carbonyl (C=O) groups excluding carboxylic acids is 1. The molecule has 6 nitrogen and oxygen atoms in total. The minimum atomic E-state index is -0.520. The first-order chi connectivity index (χ1) is 11.2. The highest BCUT2D eigenvalue weighted by Crippen LogP contribution is 2.21. The maximum atomic E-state index is 14.1. The van der Waals surface area contributed by atoms with Crippen molar-refractivity contribution < 1.29 is 13.9 Å². The molecule has 2 aromatic rings. The first kappa shape index (κ1) is 15.3. The average Bonchev–Trinajstić information content (AvgIpc) is 3.05. The number of aryl methyl sites for hydroxylation is 1. The van der Waals surface area contributed by atoms with Crippen LogP contribution in [0.25, 0.3) is 0 Å². The lowest BCUT2D eigenvalue weighted by Gasteiger charge is -2.17. The summed E-state index contributed by atoms with van der Waals surface area (Å²) in [7, 11) is 0. The second kappa shape index (κ2) is 6.68. The fourth-order valence-electron chi connectivity index (χ4n) is 2.56. The Hall–Kier alpha value is -2.57. The van der Waals surface area contributed by atoms with Gasteiger partial charge in [0.2, 0.25) is 5.82 Å². The number of rotatable bonds is 4. The van der Waals surface area contributed by atoms with Crippen LogP contribution in [0.1, 0.15) is 29.4 Å². The van der Waals surface area contributed by atoms with E-state index < -0.39 is 5.82 Å². The third-order valence-corrected chi connectivity index (χ3v) is 3.80. The number of likely N-dealkylation sites (tertiary alicyclic amines) is 1. The van der Waals surface area contributed by atoms with Crippen LogP contribution in [-0.2, 0) is 6.42 Å². The molecule has 1 atom stereocenters. The van der Waals surface area contributed by atoms with Crippen molar-refractivity contribution in [3.8, 4) is 5.88 Å². The minimum Gasteiger partial charge on any atom is -0.470 e. The van der Waals surface area contributed by atoms with Gasteiger partial charge < -0.3 is 9.64 Å². The zero-order chi connectivity index (χ0) is 16.2. The van der Waals surface area contributed by atoms with Gasteiger partial charge >= 0.3 is 0 Å². The lowest BCUT2D eigenvalue weighted by Crippen LogP contribution is -2.31. The lowest BCUT2D eigenvalue weighted by atomic mass is 10.2. The van der Waals surface area contributed by atoms with Crippen LogP contribution in [-0.4, -0.2) is 45.0 Å². The molecule has 1 saturated heterocycles. The van der Waals surface area contributed by atoms with Crippen LogP contribution in [0.4, 0.5) is 4.39 Å². The number of amides is 1. The predicted molar refractivity (Wildman–Crippen MR) is 80.5 cm³/mol. The molecule has 0 unspecified atom stereocenters. The Morgan fingerprint density at radius 2 is 2.17 bits per heavy atom. The zero-order valence-corrected chi connectivity index (χ0v) is 12.8. The molecule has 1 fully saturated rings. The van der Waals surface area contributed by atoms with E-state index in [0.29, 0.717) is 37.2 Å². The van der Waals surface area contributed by atoms with Crippen molar-refractivity contribution in [3.63, 3.8) is 0 Å². The summed E-state index contributed by atoms with van der Waals surface area (Å²) >= 11 is 0. The first-order valence-electron chi connectivity index (χ1n) is 7.54. The number of halogens is 1. The van der Waals surface area contributed by atoms with Gasteiger partial charge in [-0.25, -0.2) is 4.98 Å². The molecule has 0 aromatic carbocycles. The van der Waals surface area contributed by atoms with Gasteiger partial charge in [0.1, 0.15) is 12.4 Å². The van der Waals surface area contributed by atoms with E-state index in [1.165, 1.54) is 6.33 Å². The number of nitrogens with zero attached hydrogens (tertiary/aromatic N) is 4. The van der Waals surface area contributed by atoms with Gasteiger partial charge in [0, 0.05) is 30.9 Å². The van der Waals surface area contributed by atoms with Crippen LogP contribution < -0.4 is 4.74 Å². The van der Waals surface area contributed by atoms with E-state index in [9.17, 15) is 9.18 Å². The number of hydrogen-bond donors (Lipinski definition) is 0. The van der Waals surface area contributed by atoms with E-state index in [-0.39, 0.29) is 17.9 Å². The molecule has 3 heterocycles. The van der Waals surface area contributed by atoms with Crippen molar-refractivity contribution in [2.24, 2.45) is 0 Å². The number of hydrogen-bond acceptors (Lipinski definition) is 5. The Labute approximate surface area is 133 Å². The molecule has 1 amide bonds. The summed E-state index contributed by atoms with van der Waals surface area (Å²) in [5.74, 6) is -0.634. The summed E-state index contributed by atoms with van der Waals surface area (Å²) in [5, 5.41) is 0. The monoisotopic (exact) mass is 316 g/mol. The van der Waals surface area contributed by atoms with Crippen LogP contribution in [0.15, 0.2) is 30.9 Å². The standard InChI is InChI=1S/C16H17FN4O2/c1-2-13-14(17)15(20-10-19-13)23-12-5-8-21(9-12)16(22)11-3-6-18-7-4-11/h3-4,6-7,10,12H,2,5,8-9H2,1H3/t12-/m1/s1. The summed E-state index contributed by atoms with van der Waals surface area (Å²) in [6.07, 6.45) is 5.31. The van der Waals surface area contributed by atoms with Crippen LogP contribution in [0.2, 0.25) is 0 Å². The third kappa shape index (κ3) is 3.28. The number of ether oxygens (including phenoxy) is 1. The second-order valence-corrected chi connectivity index (χ2v) is 5.31. The van der Waals surface area contributed by atoms with Crippen molar-refractivity contribution in [2.45, 2.75) is 25.9 Å². The maximum Gasteiger partial charge on any atom is 0.254 e. The Bertz CT molecular complexity index is 696. The van der Waals surface area contributed by atoms with Gasteiger partial charge in [0.05, 0.1) is 12.2 Å². The van der Waals surface area contributed by atoms with E-state index in [1.54, 1.807) is 29.4 Å². The third-order valence-electron chi connectivity index (χ3n) is 3.80. The zero-order valence-electron chi connectivity index (χ0n) is 12.8. The average molecular weight is 316 g/mol. The molecule has 0 N–H and O–H groups in total.